The first-order valence-corrected chi connectivity index (χ1v) is 9.38. The fraction of sp³-hybridized carbons (Fsp3) is 0.286. The fourth-order valence-corrected chi connectivity index (χ4v) is 2.28. The highest BCUT2D eigenvalue weighted by molar-refractivity contribution is 6.40. The SMILES string of the molecule is O=C(CCOCCOCCOC(=O)C(=O)c1ccccc1)Oc1c(F)c(F)c(F)c(F)c1F. The van der Waals surface area contributed by atoms with Gasteiger partial charge in [0, 0.05) is 5.56 Å². The van der Waals surface area contributed by atoms with Crippen LogP contribution >= 0.6 is 0 Å². The minimum Gasteiger partial charge on any atom is -0.457 e. The number of ether oxygens (including phenoxy) is 4. The fourth-order valence-electron chi connectivity index (χ4n) is 2.28. The first-order valence-electron chi connectivity index (χ1n) is 9.38. The van der Waals surface area contributed by atoms with E-state index in [-0.39, 0.29) is 38.6 Å². The van der Waals surface area contributed by atoms with Gasteiger partial charge < -0.3 is 18.9 Å². The Labute approximate surface area is 184 Å². The topological polar surface area (TPSA) is 88.1 Å². The molecule has 0 heterocycles. The Balaban J connectivity index is 1.58. The first-order chi connectivity index (χ1) is 15.7. The molecule has 0 amide bonds. The Hall–Kier alpha value is -3.38. The van der Waals surface area contributed by atoms with Crippen molar-refractivity contribution in [1.82, 2.24) is 0 Å². The molecule has 0 atom stereocenters. The van der Waals surface area contributed by atoms with Crippen LogP contribution in [0.1, 0.15) is 16.8 Å². The van der Waals surface area contributed by atoms with Crippen LogP contribution in [0.5, 0.6) is 5.75 Å². The van der Waals surface area contributed by atoms with Gasteiger partial charge in [0.25, 0.3) is 5.78 Å². The summed E-state index contributed by atoms with van der Waals surface area (Å²) in [7, 11) is 0. The van der Waals surface area contributed by atoms with Crippen molar-refractivity contribution in [2.24, 2.45) is 0 Å². The third-order valence-electron chi connectivity index (χ3n) is 3.89. The number of halogens is 5. The highest BCUT2D eigenvalue weighted by atomic mass is 19.2. The van der Waals surface area contributed by atoms with E-state index in [0.29, 0.717) is 0 Å². The summed E-state index contributed by atoms with van der Waals surface area (Å²) in [6, 6.07) is 7.83. The highest BCUT2D eigenvalue weighted by Gasteiger charge is 2.28. The lowest BCUT2D eigenvalue weighted by Gasteiger charge is -2.09. The molecule has 0 aliphatic heterocycles. The first kappa shape index (κ1) is 25.9. The predicted octanol–water partition coefficient (Wildman–Crippen LogP) is 3.14. The van der Waals surface area contributed by atoms with Crippen molar-refractivity contribution >= 4 is 17.7 Å². The third kappa shape index (κ3) is 7.32. The summed E-state index contributed by atoms with van der Waals surface area (Å²) in [5.74, 6) is -16.2. The number of benzene rings is 2. The van der Waals surface area contributed by atoms with Crippen molar-refractivity contribution in [2.45, 2.75) is 6.42 Å². The smallest absolute Gasteiger partial charge is 0.379 e. The maximum absolute atomic E-state index is 13.4. The van der Waals surface area contributed by atoms with E-state index >= 15 is 0 Å². The number of Topliss-reactive ketones (excluding diaryl/α,β-unsaturated/α-hetero) is 1. The van der Waals surface area contributed by atoms with Crippen LogP contribution < -0.4 is 4.74 Å². The van der Waals surface area contributed by atoms with E-state index in [0.717, 1.165) is 0 Å². The van der Waals surface area contributed by atoms with Gasteiger partial charge in [-0.25, -0.2) is 18.0 Å². The van der Waals surface area contributed by atoms with E-state index in [2.05, 4.69) is 4.74 Å². The molecular weight excluding hydrogens is 459 g/mol. The molecular formula is C21H17F5O7. The minimum absolute atomic E-state index is 0.0108. The van der Waals surface area contributed by atoms with Gasteiger partial charge >= 0.3 is 11.9 Å². The monoisotopic (exact) mass is 476 g/mol. The standard InChI is InChI=1S/C21H17F5O7/c22-14-15(23)17(25)20(18(26)16(14)24)33-13(27)6-7-30-8-9-31-10-11-32-21(29)19(28)12-4-2-1-3-5-12/h1-5H,6-11H2. The molecule has 7 nitrogen and oxygen atoms in total. The van der Waals surface area contributed by atoms with Crippen molar-refractivity contribution in [3.63, 3.8) is 0 Å². The van der Waals surface area contributed by atoms with Gasteiger partial charge in [0.1, 0.15) is 6.61 Å². The molecule has 2 aromatic rings. The van der Waals surface area contributed by atoms with Gasteiger partial charge in [0.2, 0.25) is 34.8 Å². The van der Waals surface area contributed by atoms with Crippen LogP contribution in [0.4, 0.5) is 22.0 Å². The number of hydrogen-bond donors (Lipinski definition) is 0. The highest BCUT2D eigenvalue weighted by Crippen LogP contribution is 2.29. The lowest BCUT2D eigenvalue weighted by molar-refractivity contribution is -0.139. The molecule has 0 saturated heterocycles. The van der Waals surface area contributed by atoms with Crippen molar-refractivity contribution in [2.75, 3.05) is 33.0 Å². The molecule has 0 radical (unpaired) electrons. The van der Waals surface area contributed by atoms with Crippen LogP contribution in [0.15, 0.2) is 30.3 Å². The normalized spacial score (nSPS) is 10.7. The Kier molecular flexibility index (Phi) is 9.88. The minimum atomic E-state index is -2.37. The second-order valence-corrected chi connectivity index (χ2v) is 6.18. The summed E-state index contributed by atoms with van der Waals surface area (Å²) in [4.78, 5) is 34.9. The number of hydrogen-bond acceptors (Lipinski definition) is 7. The molecule has 0 unspecified atom stereocenters. The van der Waals surface area contributed by atoms with E-state index < -0.39 is 59.0 Å². The Morgan fingerprint density at radius 1 is 0.667 bits per heavy atom. The zero-order chi connectivity index (χ0) is 24.4. The largest absolute Gasteiger partial charge is 0.457 e. The molecule has 178 valence electrons. The lowest BCUT2D eigenvalue weighted by atomic mass is 10.1. The Bertz CT molecular complexity index is 969. The summed E-state index contributed by atoms with van der Waals surface area (Å²) >= 11 is 0. The molecule has 0 spiro atoms. The molecule has 0 N–H and O–H groups in total. The molecule has 33 heavy (non-hydrogen) atoms. The van der Waals surface area contributed by atoms with Gasteiger partial charge in [-0.05, 0) is 0 Å². The van der Waals surface area contributed by atoms with Gasteiger partial charge in [-0.3, -0.25) is 9.59 Å². The van der Waals surface area contributed by atoms with Gasteiger partial charge in [-0.1, -0.05) is 30.3 Å². The van der Waals surface area contributed by atoms with Crippen molar-refractivity contribution < 1.29 is 55.3 Å². The van der Waals surface area contributed by atoms with E-state index in [1.165, 1.54) is 12.1 Å². The zero-order valence-corrected chi connectivity index (χ0v) is 16.9. The van der Waals surface area contributed by atoms with E-state index in [4.69, 9.17) is 14.2 Å². The maximum Gasteiger partial charge on any atom is 0.379 e. The summed E-state index contributed by atoms with van der Waals surface area (Å²) in [6.45, 7) is -0.549. The number of carbonyl (C=O) groups excluding carboxylic acids is 3. The van der Waals surface area contributed by atoms with Gasteiger partial charge in [-0.2, -0.15) is 8.78 Å². The summed E-state index contributed by atoms with van der Waals surface area (Å²) in [5, 5.41) is 0. The van der Waals surface area contributed by atoms with Crippen molar-refractivity contribution in [3.8, 4) is 5.75 Å². The number of esters is 2. The molecule has 0 aliphatic rings. The predicted molar refractivity (Wildman–Crippen MR) is 99.9 cm³/mol. The molecule has 0 fully saturated rings. The number of carbonyl (C=O) groups is 3. The molecule has 0 aromatic heterocycles. The van der Waals surface area contributed by atoms with Crippen LogP contribution in [0.3, 0.4) is 0 Å². The summed E-state index contributed by atoms with van der Waals surface area (Å²) in [6.07, 6.45) is -0.543. The summed E-state index contributed by atoms with van der Waals surface area (Å²) < 4.78 is 85.0. The van der Waals surface area contributed by atoms with E-state index in [1.807, 2.05) is 0 Å². The van der Waals surface area contributed by atoms with Gasteiger partial charge in [0.05, 0.1) is 32.8 Å². The molecule has 0 bridgehead atoms. The maximum atomic E-state index is 13.4. The Morgan fingerprint density at radius 3 is 1.79 bits per heavy atom. The molecule has 2 aromatic carbocycles. The zero-order valence-electron chi connectivity index (χ0n) is 16.9. The lowest BCUT2D eigenvalue weighted by Crippen LogP contribution is -2.20. The van der Waals surface area contributed by atoms with Crippen molar-refractivity contribution in [3.05, 3.63) is 65.0 Å². The van der Waals surface area contributed by atoms with Gasteiger partial charge in [0.15, 0.2) is 0 Å². The summed E-state index contributed by atoms with van der Waals surface area (Å²) in [5.41, 5.74) is 0.190. The number of ketones is 1. The van der Waals surface area contributed by atoms with Crippen LogP contribution in [-0.2, 0) is 23.8 Å². The van der Waals surface area contributed by atoms with Crippen LogP contribution in [0, 0.1) is 29.1 Å². The van der Waals surface area contributed by atoms with Gasteiger partial charge in [-0.15, -0.1) is 0 Å². The molecule has 2 rings (SSSR count). The average molecular weight is 476 g/mol. The molecule has 0 saturated carbocycles. The van der Waals surface area contributed by atoms with E-state index in [1.54, 1.807) is 18.2 Å². The third-order valence-corrected chi connectivity index (χ3v) is 3.89. The number of rotatable bonds is 12. The Morgan fingerprint density at radius 2 is 1.18 bits per heavy atom. The second kappa shape index (κ2) is 12.6. The second-order valence-electron chi connectivity index (χ2n) is 6.18. The molecule has 12 heteroatoms. The average Bonchev–Trinajstić information content (AvgIpc) is 2.83. The van der Waals surface area contributed by atoms with Crippen LogP contribution in [0.25, 0.3) is 0 Å². The quantitative estimate of drug-likeness (QED) is 0.0680. The molecule has 0 aliphatic carbocycles. The van der Waals surface area contributed by atoms with E-state index in [9.17, 15) is 36.3 Å². The van der Waals surface area contributed by atoms with Crippen molar-refractivity contribution in [1.29, 1.82) is 0 Å². The van der Waals surface area contributed by atoms with Crippen LogP contribution in [0.2, 0.25) is 0 Å². The van der Waals surface area contributed by atoms with Crippen LogP contribution in [-0.4, -0.2) is 50.8 Å².